The first-order valence-electron chi connectivity index (χ1n) is 6.28. The van der Waals surface area contributed by atoms with Crippen LogP contribution in [0.2, 0.25) is 10.0 Å². The summed E-state index contributed by atoms with van der Waals surface area (Å²) in [6.07, 6.45) is 5.64. The molecule has 2 aromatic rings. The van der Waals surface area contributed by atoms with Gasteiger partial charge in [-0.05, 0) is 19.1 Å². The Labute approximate surface area is 144 Å². The average molecular weight is 390 g/mol. The third-order valence-electron chi connectivity index (χ3n) is 2.83. The maximum absolute atomic E-state index is 6.04. The molecular weight excluding hydrogens is 375 g/mol. The van der Waals surface area contributed by atoms with Gasteiger partial charge in [0.2, 0.25) is 0 Å². The zero-order chi connectivity index (χ0) is 14.4. The lowest BCUT2D eigenvalue weighted by Crippen LogP contribution is -3.00. The molecule has 112 valence electrons. The highest BCUT2D eigenvalue weighted by Crippen LogP contribution is 2.24. The van der Waals surface area contributed by atoms with Crippen LogP contribution in [-0.4, -0.2) is 6.21 Å². The van der Waals surface area contributed by atoms with E-state index in [0.717, 1.165) is 17.7 Å². The van der Waals surface area contributed by atoms with Crippen LogP contribution in [-0.2, 0) is 18.0 Å². The van der Waals surface area contributed by atoms with Crippen molar-refractivity contribution in [3.8, 4) is 0 Å². The van der Waals surface area contributed by atoms with Crippen LogP contribution >= 0.6 is 23.2 Å². The van der Waals surface area contributed by atoms with Crippen molar-refractivity contribution in [3.05, 3.63) is 63.9 Å². The molecule has 2 rings (SSSR count). The molecule has 0 unspecified atom stereocenters. The predicted molar refractivity (Wildman–Crippen MR) is 81.2 cm³/mol. The maximum atomic E-state index is 6.04. The molecule has 3 nitrogen and oxygen atoms in total. The Bertz CT molecular complexity index is 583. The van der Waals surface area contributed by atoms with Gasteiger partial charge >= 0.3 is 0 Å². The van der Waals surface area contributed by atoms with Gasteiger partial charge in [0.15, 0.2) is 12.4 Å². The number of benzene rings is 1. The van der Waals surface area contributed by atoms with Crippen LogP contribution in [0, 0.1) is 0 Å². The van der Waals surface area contributed by atoms with Gasteiger partial charge in [0.05, 0.1) is 6.21 Å². The molecule has 0 radical (unpaired) electrons. The fourth-order valence-corrected chi connectivity index (χ4v) is 2.14. The molecule has 0 aliphatic heterocycles. The number of nitrogens with zero attached hydrogens (tertiary/aromatic N) is 2. The van der Waals surface area contributed by atoms with Crippen molar-refractivity contribution in [2.24, 2.45) is 5.16 Å². The first kappa shape index (κ1) is 18.0. The Morgan fingerprint density at radius 1 is 1.14 bits per heavy atom. The molecule has 1 heterocycles. The summed E-state index contributed by atoms with van der Waals surface area (Å²) in [5.74, 6) is 0. The van der Waals surface area contributed by atoms with Crippen LogP contribution in [0.3, 0.4) is 0 Å². The van der Waals surface area contributed by atoms with E-state index < -0.39 is 0 Å². The number of aryl methyl sites for hydroxylation is 1. The van der Waals surface area contributed by atoms with Crippen LogP contribution in [0.4, 0.5) is 0 Å². The monoisotopic (exact) mass is 388 g/mol. The van der Waals surface area contributed by atoms with E-state index in [1.165, 1.54) is 0 Å². The van der Waals surface area contributed by atoms with Crippen LogP contribution in [0.15, 0.2) is 47.9 Å². The largest absolute Gasteiger partial charge is 1.00 e. The van der Waals surface area contributed by atoms with Crippen LogP contribution in [0.1, 0.15) is 18.1 Å². The molecule has 0 saturated heterocycles. The minimum Gasteiger partial charge on any atom is -1.00 e. The van der Waals surface area contributed by atoms with Crippen LogP contribution < -0.4 is 21.5 Å². The van der Waals surface area contributed by atoms with E-state index >= 15 is 0 Å². The van der Waals surface area contributed by atoms with Gasteiger partial charge in [0.25, 0.3) is 0 Å². The lowest BCUT2D eigenvalue weighted by atomic mass is 10.2. The number of oxime groups is 1. The summed E-state index contributed by atoms with van der Waals surface area (Å²) < 4.78 is 2.07. The molecule has 6 heteroatoms. The van der Waals surface area contributed by atoms with Gasteiger partial charge in [-0.1, -0.05) is 34.4 Å². The normalized spacial score (nSPS) is 10.4. The van der Waals surface area contributed by atoms with E-state index in [9.17, 15) is 0 Å². The Morgan fingerprint density at radius 2 is 1.76 bits per heavy atom. The van der Waals surface area contributed by atoms with Crippen molar-refractivity contribution >= 4 is 29.4 Å². The number of rotatable bonds is 5. The Hall–Kier alpha value is -1.10. The summed E-state index contributed by atoms with van der Waals surface area (Å²) in [5, 5.41) is 5.08. The summed E-state index contributed by atoms with van der Waals surface area (Å²) in [4.78, 5) is 5.24. The smallest absolute Gasteiger partial charge is 0.169 e. The van der Waals surface area contributed by atoms with Gasteiger partial charge in [-0.2, -0.15) is 0 Å². The first-order valence-corrected chi connectivity index (χ1v) is 7.03. The molecule has 21 heavy (non-hydrogen) atoms. The van der Waals surface area contributed by atoms with Crippen molar-refractivity contribution in [1.29, 1.82) is 0 Å². The van der Waals surface area contributed by atoms with E-state index in [4.69, 9.17) is 28.0 Å². The number of hydrogen-bond acceptors (Lipinski definition) is 2. The zero-order valence-electron chi connectivity index (χ0n) is 11.5. The highest BCUT2D eigenvalue weighted by molar-refractivity contribution is 6.35. The second-order valence-electron chi connectivity index (χ2n) is 4.17. The fraction of sp³-hybridized carbons (Fsp3) is 0.200. The topological polar surface area (TPSA) is 25.5 Å². The lowest BCUT2D eigenvalue weighted by molar-refractivity contribution is -0.693. The van der Waals surface area contributed by atoms with Gasteiger partial charge in [0.1, 0.15) is 13.2 Å². The third-order valence-corrected chi connectivity index (χ3v) is 3.54. The van der Waals surface area contributed by atoms with Gasteiger partial charge in [0, 0.05) is 33.3 Å². The summed E-state index contributed by atoms with van der Waals surface area (Å²) in [6.45, 7) is 3.28. The van der Waals surface area contributed by atoms with Crippen molar-refractivity contribution in [3.63, 3.8) is 0 Å². The molecule has 0 fully saturated rings. The molecular formula is C15H15BrCl2N2O. The maximum Gasteiger partial charge on any atom is 0.169 e. The van der Waals surface area contributed by atoms with Crippen molar-refractivity contribution in [2.45, 2.75) is 20.1 Å². The SMILES string of the molecule is CC[n+]1ccc(/C=N/OCc2c(Cl)cccc2Cl)cc1.[Br-]. The van der Waals surface area contributed by atoms with E-state index in [1.807, 2.05) is 24.5 Å². The van der Waals surface area contributed by atoms with Crippen molar-refractivity contribution < 1.29 is 26.4 Å². The zero-order valence-corrected chi connectivity index (χ0v) is 14.6. The fourth-order valence-electron chi connectivity index (χ4n) is 1.64. The molecule has 0 spiro atoms. The first-order chi connectivity index (χ1) is 9.70. The third kappa shape index (κ3) is 5.30. The molecule has 1 aromatic heterocycles. The standard InChI is InChI=1S/C15H15Cl2N2O.BrH/c1-2-19-8-6-12(7-9-19)10-18-20-11-13-14(16)4-3-5-15(13)17;/h3-10H,2,11H2,1H3;1H/q+1;/p-1/b18-10+;. The molecule has 0 N–H and O–H groups in total. The van der Waals surface area contributed by atoms with E-state index in [0.29, 0.717) is 10.0 Å². The van der Waals surface area contributed by atoms with Crippen LogP contribution in [0.25, 0.3) is 0 Å². The van der Waals surface area contributed by atoms with Gasteiger partial charge in [-0.25, -0.2) is 4.57 Å². The summed E-state index contributed by atoms with van der Waals surface area (Å²) in [6, 6.07) is 9.29. The van der Waals surface area contributed by atoms with Gasteiger partial charge < -0.3 is 21.8 Å². The Balaban J connectivity index is 0.00000220. The van der Waals surface area contributed by atoms with Crippen molar-refractivity contribution in [2.75, 3.05) is 0 Å². The van der Waals surface area contributed by atoms with E-state index in [2.05, 4.69) is 16.6 Å². The Kier molecular flexibility index (Phi) is 7.72. The molecule has 0 saturated carbocycles. The summed E-state index contributed by atoms with van der Waals surface area (Å²) in [5.41, 5.74) is 1.71. The molecule has 0 aliphatic carbocycles. The summed E-state index contributed by atoms with van der Waals surface area (Å²) >= 11 is 12.1. The van der Waals surface area contributed by atoms with E-state index in [-0.39, 0.29) is 23.6 Å². The van der Waals surface area contributed by atoms with E-state index in [1.54, 1.807) is 24.4 Å². The van der Waals surface area contributed by atoms with Crippen LogP contribution in [0.5, 0.6) is 0 Å². The quantitative estimate of drug-likeness (QED) is 0.423. The highest BCUT2D eigenvalue weighted by Gasteiger charge is 2.05. The average Bonchev–Trinajstić information content (AvgIpc) is 2.46. The number of halogens is 3. The predicted octanol–water partition coefficient (Wildman–Crippen LogP) is 0.855. The number of aromatic nitrogens is 1. The van der Waals surface area contributed by atoms with Gasteiger partial charge in [-0.15, -0.1) is 0 Å². The second kappa shape index (κ2) is 9.03. The number of hydrogen-bond donors (Lipinski definition) is 0. The van der Waals surface area contributed by atoms with Crippen molar-refractivity contribution in [1.82, 2.24) is 0 Å². The summed E-state index contributed by atoms with van der Waals surface area (Å²) in [7, 11) is 0. The Morgan fingerprint density at radius 3 is 2.33 bits per heavy atom. The highest BCUT2D eigenvalue weighted by atomic mass is 79.9. The molecule has 0 aliphatic rings. The lowest BCUT2D eigenvalue weighted by Gasteiger charge is -2.04. The van der Waals surface area contributed by atoms with Gasteiger partial charge in [-0.3, -0.25) is 0 Å². The second-order valence-corrected chi connectivity index (χ2v) is 4.98. The molecule has 1 aromatic carbocycles. The molecule has 0 atom stereocenters. The molecule has 0 amide bonds. The minimum atomic E-state index is 0. The molecule has 0 bridgehead atoms. The number of pyridine rings is 1. The minimum absolute atomic E-state index is 0.